The van der Waals surface area contributed by atoms with E-state index >= 15 is 0 Å². The van der Waals surface area contributed by atoms with Gasteiger partial charge in [0, 0.05) is 4.90 Å². The number of aryl methyl sites for hydroxylation is 1. The van der Waals surface area contributed by atoms with Crippen molar-refractivity contribution in [3.63, 3.8) is 0 Å². The molecule has 0 radical (unpaired) electrons. The highest BCUT2D eigenvalue weighted by molar-refractivity contribution is 8.16. The first-order valence-electron chi connectivity index (χ1n) is 5.89. The van der Waals surface area contributed by atoms with Gasteiger partial charge in [0.05, 0.1) is 6.61 Å². The molecule has 0 aliphatic carbocycles. The van der Waals surface area contributed by atoms with Crippen LogP contribution in [0.25, 0.3) is 0 Å². The van der Waals surface area contributed by atoms with Gasteiger partial charge < -0.3 is 14.3 Å². The predicted octanol–water partition coefficient (Wildman–Crippen LogP) is 3.05. The number of hydrogen-bond acceptors (Lipinski definition) is 1. The summed E-state index contributed by atoms with van der Waals surface area (Å²) in [5.74, 6) is 0. The number of benzene rings is 2. The van der Waals surface area contributed by atoms with Gasteiger partial charge in [-0.1, -0.05) is 59.5 Å². The van der Waals surface area contributed by atoms with Crippen LogP contribution in [0, 0.1) is 6.92 Å². The van der Waals surface area contributed by atoms with Gasteiger partial charge in [0.15, 0.2) is 0 Å². The minimum absolute atomic E-state index is 0.209. The Labute approximate surface area is 116 Å². The lowest BCUT2D eigenvalue weighted by molar-refractivity contribution is 0.242. The lowest BCUT2D eigenvalue weighted by atomic mass is 10.2. The summed E-state index contributed by atoms with van der Waals surface area (Å²) in [6, 6.07) is 17.1. The first-order chi connectivity index (χ1) is 9.07. The van der Waals surface area contributed by atoms with Crippen molar-refractivity contribution in [3.8, 4) is 0 Å². The van der Waals surface area contributed by atoms with Crippen molar-refractivity contribution in [1.29, 1.82) is 0 Å². The van der Waals surface area contributed by atoms with Crippen LogP contribution < -0.4 is 0 Å². The minimum atomic E-state index is -3.38. The van der Waals surface area contributed by atoms with Gasteiger partial charge in [0.2, 0.25) is 0 Å². The average molecular weight is 296 g/mol. The van der Waals surface area contributed by atoms with E-state index in [4.69, 9.17) is 4.52 Å². The molecule has 3 nitrogen and oxygen atoms in total. The van der Waals surface area contributed by atoms with Crippen molar-refractivity contribution in [2.75, 3.05) is 0 Å². The maximum absolute atomic E-state index is 9.99. The molecule has 0 spiro atoms. The van der Waals surface area contributed by atoms with Crippen molar-refractivity contribution in [2.45, 2.75) is 18.4 Å². The molecule has 102 valence electrons. The van der Waals surface area contributed by atoms with Gasteiger partial charge in [0.1, 0.15) is 0 Å². The van der Waals surface area contributed by atoms with E-state index in [1.165, 1.54) is 0 Å². The van der Waals surface area contributed by atoms with Crippen LogP contribution in [0.1, 0.15) is 11.1 Å². The maximum atomic E-state index is 9.99. The molecule has 2 rings (SSSR count). The lowest BCUT2D eigenvalue weighted by Crippen LogP contribution is -1.93. The van der Waals surface area contributed by atoms with Crippen LogP contribution in [0.5, 0.6) is 0 Å². The fourth-order valence-electron chi connectivity index (χ4n) is 1.58. The Bertz CT molecular complexity index is 593. The van der Waals surface area contributed by atoms with E-state index in [0.717, 1.165) is 16.0 Å². The second-order valence-corrected chi connectivity index (χ2v) is 8.29. The molecule has 2 aromatic carbocycles. The molecule has 0 unspecified atom stereocenters. The third kappa shape index (κ3) is 4.60. The average Bonchev–Trinajstić information content (AvgIpc) is 2.40. The zero-order valence-electron chi connectivity index (χ0n) is 10.6. The SMILES string of the molecule is Cc1ccccc1[SH]=P(O)(O)OCc1ccccc1. The van der Waals surface area contributed by atoms with Crippen LogP contribution in [-0.2, 0) is 22.1 Å². The smallest absolute Gasteiger partial charge is 0.281 e. The molecule has 2 aromatic rings. The Balaban J connectivity index is 2.12. The number of rotatable bonds is 4. The molecular weight excluding hydrogens is 279 g/mol. The Hall–Kier alpha value is -0.900. The molecule has 0 atom stereocenters. The van der Waals surface area contributed by atoms with Crippen LogP contribution >= 0.6 is 6.72 Å². The summed E-state index contributed by atoms with van der Waals surface area (Å²) in [4.78, 5) is 20.9. The second kappa shape index (κ2) is 6.51. The quantitative estimate of drug-likeness (QED) is 0.600. The topological polar surface area (TPSA) is 49.7 Å². The molecule has 0 amide bonds. The van der Waals surface area contributed by atoms with Crippen LogP contribution in [0.15, 0.2) is 59.5 Å². The summed E-state index contributed by atoms with van der Waals surface area (Å²) in [5.41, 5.74) is 1.95. The van der Waals surface area contributed by atoms with Gasteiger partial charge in [-0.05, 0) is 24.1 Å². The molecule has 5 heteroatoms. The van der Waals surface area contributed by atoms with Gasteiger partial charge in [-0.25, -0.2) is 0 Å². The highest BCUT2D eigenvalue weighted by Gasteiger charge is 2.11. The summed E-state index contributed by atoms with van der Waals surface area (Å²) in [5, 5.41) is 0. The second-order valence-electron chi connectivity index (χ2n) is 4.16. The van der Waals surface area contributed by atoms with E-state index in [2.05, 4.69) is 0 Å². The van der Waals surface area contributed by atoms with E-state index in [0.29, 0.717) is 10.9 Å². The molecule has 2 N–H and O–H groups in total. The number of thiol groups is 1. The van der Waals surface area contributed by atoms with E-state index in [1.54, 1.807) is 0 Å². The molecule has 0 heterocycles. The van der Waals surface area contributed by atoms with Crippen LogP contribution in [-0.4, -0.2) is 9.79 Å². The van der Waals surface area contributed by atoms with E-state index in [-0.39, 0.29) is 6.61 Å². The van der Waals surface area contributed by atoms with Crippen LogP contribution in [0.4, 0.5) is 0 Å². The molecular formula is C14H17O3PS. The molecule has 0 aliphatic rings. The first kappa shape index (κ1) is 14.5. The van der Waals surface area contributed by atoms with Crippen LogP contribution in [0.2, 0.25) is 0 Å². The summed E-state index contributed by atoms with van der Waals surface area (Å²) in [6.45, 7) is -1.23. The predicted molar refractivity (Wildman–Crippen MR) is 80.8 cm³/mol. The maximum Gasteiger partial charge on any atom is 0.281 e. The molecule has 0 aliphatic heterocycles. The molecule has 0 saturated heterocycles. The monoisotopic (exact) mass is 296 g/mol. The van der Waals surface area contributed by atoms with E-state index in [9.17, 15) is 9.79 Å². The summed E-state index contributed by atoms with van der Waals surface area (Å²) in [7, 11) is 0.437. The van der Waals surface area contributed by atoms with Gasteiger partial charge in [-0.15, -0.1) is 0 Å². The Morgan fingerprint density at radius 1 is 1.00 bits per heavy atom. The van der Waals surface area contributed by atoms with Gasteiger partial charge in [-0.2, -0.15) is 0 Å². The molecule has 19 heavy (non-hydrogen) atoms. The van der Waals surface area contributed by atoms with Crippen molar-refractivity contribution in [2.24, 2.45) is 0 Å². The fraction of sp³-hybridized carbons (Fsp3) is 0.143. The zero-order chi connectivity index (χ0) is 13.7. The van der Waals surface area contributed by atoms with E-state index < -0.39 is 6.72 Å². The summed E-state index contributed by atoms with van der Waals surface area (Å²) >= 11 is 0. The van der Waals surface area contributed by atoms with Crippen LogP contribution in [0.3, 0.4) is 0 Å². The molecule has 0 bridgehead atoms. The van der Waals surface area contributed by atoms with Crippen molar-refractivity contribution in [3.05, 3.63) is 65.7 Å². The largest absolute Gasteiger partial charge is 0.328 e. The Morgan fingerprint density at radius 3 is 2.32 bits per heavy atom. The van der Waals surface area contributed by atoms with E-state index in [1.807, 2.05) is 61.5 Å². The van der Waals surface area contributed by atoms with Crippen molar-refractivity contribution < 1.29 is 14.3 Å². The normalized spacial score (nSPS) is 11.5. The number of hydrogen-bond donors (Lipinski definition) is 3. The third-order valence-corrected chi connectivity index (χ3v) is 5.83. The fourth-order valence-corrected chi connectivity index (χ4v) is 4.49. The lowest BCUT2D eigenvalue weighted by Gasteiger charge is -2.13. The van der Waals surface area contributed by atoms with Crippen molar-refractivity contribution >= 4 is 17.7 Å². The van der Waals surface area contributed by atoms with Crippen molar-refractivity contribution in [1.82, 2.24) is 0 Å². The zero-order valence-corrected chi connectivity index (χ0v) is 12.4. The summed E-state index contributed by atoms with van der Waals surface area (Å²) < 4.78 is 5.28. The minimum Gasteiger partial charge on any atom is -0.328 e. The highest BCUT2D eigenvalue weighted by Crippen LogP contribution is 2.42. The third-order valence-electron chi connectivity index (χ3n) is 2.60. The van der Waals surface area contributed by atoms with Gasteiger partial charge in [0.25, 0.3) is 6.72 Å². The molecule has 0 fully saturated rings. The van der Waals surface area contributed by atoms with Gasteiger partial charge >= 0.3 is 0 Å². The first-order valence-corrected chi connectivity index (χ1v) is 9.10. The Kier molecular flexibility index (Phi) is 4.97. The molecule has 0 saturated carbocycles. The highest BCUT2D eigenvalue weighted by atomic mass is 32.5. The van der Waals surface area contributed by atoms with Gasteiger partial charge in [-0.3, -0.25) is 0 Å². The standard InChI is InChI=1S/C14H17O3PS/c1-12-7-5-6-10-14(12)19-18(15,16)17-11-13-8-3-2-4-9-13/h2-10,15-16,19H,11H2,1H3. The summed E-state index contributed by atoms with van der Waals surface area (Å²) in [6.07, 6.45) is 0. The Morgan fingerprint density at radius 2 is 1.63 bits per heavy atom. The molecule has 0 aromatic heterocycles.